The van der Waals surface area contributed by atoms with Crippen LogP contribution in [0.15, 0.2) is 18.2 Å². The van der Waals surface area contributed by atoms with Crippen molar-refractivity contribution in [3.05, 3.63) is 28.8 Å². The second kappa shape index (κ2) is 5.73. The summed E-state index contributed by atoms with van der Waals surface area (Å²) in [4.78, 5) is 11.3. The highest BCUT2D eigenvalue weighted by Gasteiger charge is 2.11. The van der Waals surface area contributed by atoms with Crippen LogP contribution in [0.1, 0.15) is 17.3 Å². The first-order chi connectivity index (χ1) is 7.16. The molecule has 0 heterocycles. The molecule has 0 unspecified atom stereocenters. The summed E-state index contributed by atoms with van der Waals surface area (Å²) in [5.74, 6) is 0.369. The summed E-state index contributed by atoms with van der Waals surface area (Å²) in [6, 6.07) is 5.11. The van der Waals surface area contributed by atoms with Gasteiger partial charge in [0.2, 0.25) is 0 Å². The molecule has 4 heteroatoms. The molecule has 0 radical (unpaired) electrons. The second-order valence-electron chi connectivity index (χ2n) is 3.01. The van der Waals surface area contributed by atoms with E-state index >= 15 is 0 Å². The van der Waals surface area contributed by atoms with E-state index in [0.717, 1.165) is 0 Å². The minimum atomic E-state index is -0.0649. The number of carbonyl (C=O) groups excluding carboxylic acids is 1. The molecular weight excluding hydrogens is 216 g/mol. The van der Waals surface area contributed by atoms with Crippen molar-refractivity contribution in [2.24, 2.45) is 0 Å². The van der Waals surface area contributed by atoms with Crippen molar-refractivity contribution in [3.8, 4) is 5.75 Å². The molecule has 0 aliphatic carbocycles. The Labute approximate surface area is 93.9 Å². The minimum Gasteiger partial charge on any atom is -0.489 e. The summed E-state index contributed by atoms with van der Waals surface area (Å²) in [5.41, 5.74) is 0.499. The molecule has 3 nitrogen and oxygen atoms in total. The van der Waals surface area contributed by atoms with Gasteiger partial charge in [-0.25, -0.2) is 0 Å². The molecule has 0 N–H and O–H groups in total. The first-order valence-corrected chi connectivity index (χ1v) is 4.95. The first kappa shape index (κ1) is 12.0. The van der Waals surface area contributed by atoms with Crippen molar-refractivity contribution >= 4 is 17.4 Å². The smallest absolute Gasteiger partial charge is 0.163 e. The van der Waals surface area contributed by atoms with Gasteiger partial charge in [-0.2, -0.15) is 0 Å². The Bertz CT molecular complexity index is 350. The molecule has 0 aliphatic rings. The highest BCUT2D eigenvalue weighted by atomic mass is 35.5. The molecule has 15 heavy (non-hydrogen) atoms. The zero-order chi connectivity index (χ0) is 11.3. The van der Waals surface area contributed by atoms with Crippen molar-refractivity contribution in [2.75, 3.05) is 20.3 Å². The number of ketones is 1. The van der Waals surface area contributed by atoms with Gasteiger partial charge in [0.25, 0.3) is 0 Å². The fourth-order valence-corrected chi connectivity index (χ4v) is 1.39. The number of rotatable bonds is 5. The number of para-hydroxylation sites is 1. The Morgan fingerprint density at radius 1 is 1.40 bits per heavy atom. The zero-order valence-corrected chi connectivity index (χ0v) is 9.50. The van der Waals surface area contributed by atoms with Crippen molar-refractivity contribution in [1.29, 1.82) is 0 Å². The minimum absolute atomic E-state index is 0.0649. The predicted octanol–water partition coefficient (Wildman–Crippen LogP) is 2.57. The van der Waals surface area contributed by atoms with E-state index in [1.807, 2.05) is 0 Å². The van der Waals surface area contributed by atoms with Gasteiger partial charge in [0.15, 0.2) is 5.78 Å². The third-order valence-corrected chi connectivity index (χ3v) is 2.18. The van der Waals surface area contributed by atoms with Gasteiger partial charge in [0.05, 0.1) is 17.2 Å². The molecule has 0 amide bonds. The van der Waals surface area contributed by atoms with E-state index in [1.54, 1.807) is 25.3 Å². The van der Waals surface area contributed by atoms with Crippen molar-refractivity contribution in [3.63, 3.8) is 0 Å². The van der Waals surface area contributed by atoms with Gasteiger partial charge in [-0.15, -0.1) is 0 Å². The molecule has 0 saturated heterocycles. The number of Topliss-reactive ketones (excluding diaryl/α,β-unsaturated/α-hetero) is 1. The summed E-state index contributed by atoms with van der Waals surface area (Å²) >= 11 is 5.93. The van der Waals surface area contributed by atoms with Crippen LogP contribution in [0.25, 0.3) is 0 Å². The largest absolute Gasteiger partial charge is 0.489 e. The average molecular weight is 229 g/mol. The Morgan fingerprint density at radius 2 is 2.13 bits per heavy atom. The van der Waals surface area contributed by atoms with Gasteiger partial charge in [-0.3, -0.25) is 4.79 Å². The Kier molecular flexibility index (Phi) is 4.59. The number of hydrogen-bond acceptors (Lipinski definition) is 3. The molecule has 1 aromatic rings. The topological polar surface area (TPSA) is 35.5 Å². The number of benzene rings is 1. The third-order valence-electron chi connectivity index (χ3n) is 1.88. The highest BCUT2D eigenvalue weighted by Crippen LogP contribution is 2.28. The number of hydrogen-bond donors (Lipinski definition) is 0. The lowest BCUT2D eigenvalue weighted by Gasteiger charge is -2.10. The normalized spacial score (nSPS) is 10.1. The molecule has 1 rings (SSSR count). The fourth-order valence-electron chi connectivity index (χ4n) is 1.16. The van der Waals surface area contributed by atoms with Gasteiger partial charge in [-0.05, 0) is 19.1 Å². The molecule has 0 aliphatic heterocycles. The summed E-state index contributed by atoms with van der Waals surface area (Å²) < 4.78 is 10.2. The fraction of sp³-hybridized carbons (Fsp3) is 0.364. The third kappa shape index (κ3) is 3.22. The molecule has 0 atom stereocenters. The number of carbonyl (C=O) groups is 1. The number of ether oxygens (including phenoxy) is 2. The molecular formula is C11H13ClO3. The summed E-state index contributed by atoms with van der Waals surface area (Å²) in [5, 5.41) is 0.443. The summed E-state index contributed by atoms with van der Waals surface area (Å²) in [6.07, 6.45) is 0. The van der Waals surface area contributed by atoms with E-state index in [2.05, 4.69) is 0 Å². The number of methoxy groups -OCH3 is 1. The van der Waals surface area contributed by atoms with Crippen LogP contribution in [-0.2, 0) is 4.74 Å². The first-order valence-electron chi connectivity index (χ1n) is 4.58. The lowest BCUT2D eigenvalue weighted by atomic mass is 10.1. The molecule has 0 bridgehead atoms. The highest BCUT2D eigenvalue weighted by molar-refractivity contribution is 6.32. The van der Waals surface area contributed by atoms with Gasteiger partial charge in [-0.1, -0.05) is 17.7 Å². The average Bonchev–Trinajstić information content (AvgIpc) is 2.20. The van der Waals surface area contributed by atoms with E-state index in [9.17, 15) is 4.79 Å². The van der Waals surface area contributed by atoms with Gasteiger partial charge < -0.3 is 9.47 Å². The maximum atomic E-state index is 11.3. The second-order valence-corrected chi connectivity index (χ2v) is 3.42. The van der Waals surface area contributed by atoms with Crippen molar-refractivity contribution < 1.29 is 14.3 Å². The van der Waals surface area contributed by atoms with Crippen LogP contribution in [0, 0.1) is 0 Å². The number of halogens is 1. The molecule has 0 saturated carbocycles. The monoisotopic (exact) mass is 228 g/mol. The quantitative estimate of drug-likeness (QED) is 0.574. The van der Waals surface area contributed by atoms with E-state index in [-0.39, 0.29) is 5.78 Å². The van der Waals surface area contributed by atoms with Crippen LogP contribution in [0.2, 0.25) is 5.02 Å². The SMILES string of the molecule is COCCOc1c(Cl)cccc1C(C)=O. The van der Waals surface area contributed by atoms with Gasteiger partial charge in [0, 0.05) is 7.11 Å². The predicted molar refractivity (Wildman–Crippen MR) is 58.8 cm³/mol. The Hall–Kier alpha value is -1.06. The van der Waals surface area contributed by atoms with E-state index in [4.69, 9.17) is 21.1 Å². The van der Waals surface area contributed by atoms with E-state index in [1.165, 1.54) is 6.92 Å². The Balaban J connectivity index is 2.87. The maximum Gasteiger partial charge on any atom is 0.163 e. The van der Waals surface area contributed by atoms with Crippen LogP contribution in [0.5, 0.6) is 5.75 Å². The lowest BCUT2D eigenvalue weighted by molar-refractivity contribution is 0.100. The molecule has 1 aromatic carbocycles. The van der Waals surface area contributed by atoms with E-state index in [0.29, 0.717) is 29.5 Å². The standard InChI is InChI=1S/C11H13ClO3/c1-8(13)9-4-3-5-10(12)11(9)15-7-6-14-2/h3-5H,6-7H2,1-2H3. The zero-order valence-electron chi connectivity index (χ0n) is 8.75. The maximum absolute atomic E-state index is 11.3. The van der Waals surface area contributed by atoms with Crippen molar-refractivity contribution in [1.82, 2.24) is 0 Å². The van der Waals surface area contributed by atoms with Gasteiger partial charge in [0.1, 0.15) is 12.4 Å². The summed E-state index contributed by atoms with van der Waals surface area (Å²) in [7, 11) is 1.59. The van der Waals surface area contributed by atoms with E-state index < -0.39 is 0 Å². The van der Waals surface area contributed by atoms with Crippen LogP contribution < -0.4 is 4.74 Å². The molecule has 0 spiro atoms. The molecule has 0 fully saturated rings. The van der Waals surface area contributed by atoms with Crippen molar-refractivity contribution in [2.45, 2.75) is 6.92 Å². The van der Waals surface area contributed by atoms with Crippen LogP contribution in [0.4, 0.5) is 0 Å². The molecule has 0 aromatic heterocycles. The van der Waals surface area contributed by atoms with Crippen LogP contribution in [-0.4, -0.2) is 26.1 Å². The lowest BCUT2D eigenvalue weighted by Crippen LogP contribution is -2.07. The van der Waals surface area contributed by atoms with Crippen LogP contribution >= 0.6 is 11.6 Å². The summed E-state index contributed by atoms with van der Waals surface area (Å²) in [6.45, 7) is 2.32. The van der Waals surface area contributed by atoms with Gasteiger partial charge >= 0.3 is 0 Å². The Morgan fingerprint density at radius 3 is 2.73 bits per heavy atom. The molecule has 82 valence electrons. The van der Waals surface area contributed by atoms with Crippen LogP contribution in [0.3, 0.4) is 0 Å².